The van der Waals surface area contributed by atoms with Crippen molar-refractivity contribution in [2.24, 2.45) is 0 Å². The first-order chi connectivity index (χ1) is 7.58. The SMILES string of the molecule is Cc1cnc(-c2ccc([N+](=O)[O-])o2)nc1Cl. The number of rotatable bonds is 2. The molecule has 0 atom stereocenters. The van der Waals surface area contributed by atoms with E-state index in [1.165, 1.54) is 18.3 Å². The highest BCUT2D eigenvalue weighted by molar-refractivity contribution is 6.30. The molecule has 0 radical (unpaired) electrons. The third-order valence-electron chi connectivity index (χ3n) is 1.90. The molecule has 0 aliphatic carbocycles. The van der Waals surface area contributed by atoms with Gasteiger partial charge in [0.05, 0.1) is 6.07 Å². The summed E-state index contributed by atoms with van der Waals surface area (Å²) in [5.74, 6) is 0.0904. The van der Waals surface area contributed by atoms with Gasteiger partial charge in [-0.15, -0.1) is 0 Å². The second kappa shape index (κ2) is 3.90. The quantitative estimate of drug-likeness (QED) is 0.457. The van der Waals surface area contributed by atoms with Gasteiger partial charge in [0.25, 0.3) is 0 Å². The minimum absolute atomic E-state index is 0.216. The molecule has 0 saturated carbocycles. The first-order valence-electron chi connectivity index (χ1n) is 4.31. The summed E-state index contributed by atoms with van der Waals surface area (Å²) in [4.78, 5) is 17.7. The Labute approximate surface area is 95.0 Å². The summed E-state index contributed by atoms with van der Waals surface area (Å²) in [5.41, 5.74) is 0.728. The Hall–Kier alpha value is -1.95. The normalized spacial score (nSPS) is 10.4. The molecule has 82 valence electrons. The van der Waals surface area contributed by atoms with Crippen molar-refractivity contribution in [2.45, 2.75) is 6.92 Å². The van der Waals surface area contributed by atoms with Crippen LogP contribution in [0.15, 0.2) is 22.7 Å². The molecular formula is C9H6ClN3O3. The number of hydrogen-bond donors (Lipinski definition) is 0. The van der Waals surface area contributed by atoms with E-state index in [0.29, 0.717) is 5.15 Å². The number of halogens is 1. The van der Waals surface area contributed by atoms with Crippen LogP contribution in [0.2, 0.25) is 5.15 Å². The van der Waals surface area contributed by atoms with Gasteiger partial charge in [0.2, 0.25) is 0 Å². The Kier molecular flexibility index (Phi) is 2.57. The number of nitro groups is 1. The lowest BCUT2D eigenvalue weighted by molar-refractivity contribution is -0.401. The number of furan rings is 1. The molecule has 2 aromatic heterocycles. The Balaban J connectivity index is 2.42. The monoisotopic (exact) mass is 239 g/mol. The van der Waals surface area contributed by atoms with Crippen LogP contribution in [0.4, 0.5) is 5.88 Å². The van der Waals surface area contributed by atoms with Crippen LogP contribution in [0.25, 0.3) is 11.6 Å². The second-order valence-corrected chi connectivity index (χ2v) is 3.42. The molecule has 0 aliphatic rings. The van der Waals surface area contributed by atoms with Crippen LogP contribution in [0.3, 0.4) is 0 Å². The molecule has 7 heteroatoms. The summed E-state index contributed by atoms with van der Waals surface area (Å²) in [6.07, 6.45) is 1.53. The van der Waals surface area contributed by atoms with E-state index >= 15 is 0 Å². The van der Waals surface area contributed by atoms with Crippen LogP contribution >= 0.6 is 11.6 Å². The van der Waals surface area contributed by atoms with Gasteiger partial charge >= 0.3 is 5.88 Å². The van der Waals surface area contributed by atoms with E-state index in [9.17, 15) is 10.1 Å². The zero-order chi connectivity index (χ0) is 11.7. The van der Waals surface area contributed by atoms with Crippen molar-refractivity contribution in [3.8, 4) is 11.6 Å². The maximum Gasteiger partial charge on any atom is 0.433 e. The zero-order valence-electron chi connectivity index (χ0n) is 8.18. The van der Waals surface area contributed by atoms with Crippen LogP contribution in [-0.2, 0) is 0 Å². The van der Waals surface area contributed by atoms with E-state index in [-0.39, 0.29) is 17.5 Å². The van der Waals surface area contributed by atoms with Gasteiger partial charge in [-0.3, -0.25) is 10.1 Å². The molecule has 2 rings (SSSR count). The highest BCUT2D eigenvalue weighted by atomic mass is 35.5. The lowest BCUT2D eigenvalue weighted by Gasteiger charge is -1.97. The van der Waals surface area contributed by atoms with E-state index in [0.717, 1.165) is 5.56 Å². The highest BCUT2D eigenvalue weighted by Crippen LogP contribution is 2.24. The standard InChI is InChI=1S/C9H6ClN3O3/c1-5-4-11-9(12-8(5)10)6-2-3-7(16-6)13(14)15/h2-4H,1H3. The van der Waals surface area contributed by atoms with Gasteiger partial charge < -0.3 is 4.42 Å². The van der Waals surface area contributed by atoms with Gasteiger partial charge in [0.15, 0.2) is 11.6 Å². The predicted octanol–water partition coefficient (Wildman–Crippen LogP) is 2.61. The van der Waals surface area contributed by atoms with Crippen molar-refractivity contribution in [1.82, 2.24) is 9.97 Å². The number of nitrogens with zero attached hydrogens (tertiary/aromatic N) is 3. The Morgan fingerprint density at radius 1 is 1.50 bits per heavy atom. The van der Waals surface area contributed by atoms with E-state index < -0.39 is 4.92 Å². The van der Waals surface area contributed by atoms with Crippen molar-refractivity contribution in [3.63, 3.8) is 0 Å². The summed E-state index contributed by atoms with van der Waals surface area (Å²) >= 11 is 5.81. The molecule has 0 spiro atoms. The fourth-order valence-electron chi connectivity index (χ4n) is 1.09. The van der Waals surface area contributed by atoms with Crippen LogP contribution in [0.5, 0.6) is 0 Å². The lowest BCUT2D eigenvalue weighted by Crippen LogP contribution is -1.90. The van der Waals surface area contributed by atoms with E-state index in [4.69, 9.17) is 16.0 Å². The van der Waals surface area contributed by atoms with E-state index in [1.54, 1.807) is 6.92 Å². The van der Waals surface area contributed by atoms with E-state index in [1.807, 2.05) is 0 Å². The largest absolute Gasteiger partial charge is 0.433 e. The Bertz CT molecular complexity index is 553. The minimum Gasteiger partial charge on any atom is -0.397 e. The number of hydrogen-bond acceptors (Lipinski definition) is 5. The third kappa shape index (κ3) is 1.87. The van der Waals surface area contributed by atoms with Crippen LogP contribution in [0.1, 0.15) is 5.56 Å². The molecule has 0 aromatic carbocycles. The molecular weight excluding hydrogens is 234 g/mol. The van der Waals surface area contributed by atoms with Gasteiger partial charge in [0.1, 0.15) is 10.1 Å². The Morgan fingerprint density at radius 2 is 2.25 bits per heavy atom. The van der Waals surface area contributed by atoms with E-state index in [2.05, 4.69) is 9.97 Å². The summed E-state index contributed by atoms with van der Waals surface area (Å²) in [6, 6.07) is 2.67. The molecule has 2 aromatic rings. The average Bonchev–Trinajstić information content (AvgIpc) is 2.71. The van der Waals surface area contributed by atoms with Crippen molar-refractivity contribution >= 4 is 17.5 Å². The minimum atomic E-state index is -0.626. The van der Waals surface area contributed by atoms with Crippen LogP contribution in [-0.4, -0.2) is 14.9 Å². The molecule has 0 unspecified atom stereocenters. The molecule has 0 aliphatic heterocycles. The topological polar surface area (TPSA) is 82.1 Å². The van der Waals surface area contributed by atoms with Crippen molar-refractivity contribution in [3.05, 3.63) is 39.2 Å². The van der Waals surface area contributed by atoms with Gasteiger partial charge in [-0.1, -0.05) is 11.6 Å². The lowest BCUT2D eigenvalue weighted by atomic mass is 10.3. The summed E-state index contributed by atoms with van der Waals surface area (Å²) in [7, 11) is 0. The molecule has 0 fully saturated rings. The second-order valence-electron chi connectivity index (χ2n) is 3.06. The van der Waals surface area contributed by atoms with Crippen LogP contribution < -0.4 is 0 Å². The summed E-state index contributed by atoms with van der Waals surface area (Å²) in [5, 5.41) is 10.7. The Morgan fingerprint density at radius 3 is 2.81 bits per heavy atom. The van der Waals surface area contributed by atoms with Crippen molar-refractivity contribution < 1.29 is 9.34 Å². The average molecular weight is 240 g/mol. The molecule has 0 amide bonds. The van der Waals surface area contributed by atoms with Crippen molar-refractivity contribution in [2.75, 3.05) is 0 Å². The van der Waals surface area contributed by atoms with Gasteiger partial charge in [-0.25, -0.2) is 9.97 Å². The predicted molar refractivity (Wildman–Crippen MR) is 56.1 cm³/mol. The first kappa shape index (κ1) is 10.6. The summed E-state index contributed by atoms with van der Waals surface area (Å²) < 4.78 is 4.94. The van der Waals surface area contributed by atoms with Gasteiger partial charge in [0, 0.05) is 11.8 Å². The number of aromatic nitrogens is 2. The molecule has 0 N–H and O–H groups in total. The van der Waals surface area contributed by atoms with Crippen molar-refractivity contribution in [1.29, 1.82) is 0 Å². The fourth-order valence-corrected chi connectivity index (χ4v) is 1.21. The summed E-state index contributed by atoms with van der Waals surface area (Å²) in [6.45, 7) is 1.76. The first-order valence-corrected chi connectivity index (χ1v) is 4.69. The van der Waals surface area contributed by atoms with Gasteiger partial charge in [-0.2, -0.15) is 0 Å². The molecule has 0 saturated heterocycles. The molecule has 16 heavy (non-hydrogen) atoms. The molecule has 2 heterocycles. The van der Waals surface area contributed by atoms with Crippen LogP contribution in [0, 0.1) is 17.0 Å². The zero-order valence-corrected chi connectivity index (χ0v) is 8.93. The molecule has 0 bridgehead atoms. The fraction of sp³-hybridized carbons (Fsp3) is 0.111. The smallest absolute Gasteiger partial charge is 0.397 e. The number of aryl methyl sites for hydroxylation is 1. The highest BCUT2D eigenvalue weighted by Gasteiger charge is 2.15. The van der Waals surface area contributed by atoms with Gasteiger partial charge in [-0.05, 0) is 13.0 Å². The maximum absolute atomic E-state index is 10.4. The third-order valence-corrected chi connectivity index (χ3v) is 2.28. The maximum atomic E-state index is 10.4. The molecule has 6 nitrogen and oxygen atoms in total.